The molecule has 1 amide bonds. The van der Waals surface area contributed by atoms with Gasteiger partial charge in [-0.15, -0.1) is 0 Å². The van der Waals surface area contributed by atoms with Gasteiger partial charge in [-0.05, 0) is 37.1 Å². The quantitative estimate of drug-likeness (QED) is 0.577. The number of nitrogens with one attached hydrogen (secondary N) is 1. The molecule has 0 saturated carbocycles. The predicted molar refractivity (Wildman–Crippen MR) is 88.0 cm³/mol. The first kappa shape index (κ1) is 14.6. The van der Waals surface area contributed by atoms with Crippen molar-refractivity contribution in [1.29, 1.82) is 0 Å². The highest BCUT2D eigenvalue weighted by atomic mass is 32.1. The van der Waals surface area contributed by atoms with Crippen LogP contribution in [0.15, 0.2) is 24.3 Å². The molecule has 1 N–H and O–H groups in total. The molecular formula is C14H11N3O3S2. The Morgan fingerprint density at radius 3 is 2.73 bits per heavy atom. The van der Waals surface area contributed by atoms with Crippen molar-refractivity contribution in [3.05, 3.63) is 50.4 Å². The molecule has 3 aromatic rings. The van der Waals surface area contributed by atoms with Crippen LogP contribution in [-0.2, 0) is 0 Å². The van der Waals surface area contributed by atoms with Gasteiger partial charge in [0.05, 0.1) is 20.0 Å². The SMILES string of the molecule is Cc1cc(C)c2sc(NC(=O)c3ccc([N+](=O)[O-])s3)nc2c1. The summed E-state index contributed by atoms with van der Waals surface area (Å²) in [5.41, 5.74) is 3.07. The van der Waals surface area contributed by atoms with Crippen LogP contribution >= 0.6 is 22.7 Å². The number of fused-ring (bicyclic) bond motifs is 1. The zero-order chi connectivity index (χ0) is 15.9. The average Bonchev–Trinajstić information content (AvgIpc) is 3.04. The highest BCUT2D eigenvalue weighted by molar-refractivity contribution is 7.22. The molecule has 3 rings (SSSR count). The molecule has 0 saturated heterocycles. The topological polar surface area (TPSA) is 85.1 Å². The maximum atomic E-state index is 12.1. The summed E-state index contributed by atoms with van der Waals surface area (Å²) in [5, 5.41) is 13.8. The number of thiophene rings is 1. The Hall–Kier alpha value is -2.32. The van der Waals surface area contributed by atoms with E-state index in [9.17, 15) is 14.9 Å². The van der Waals surface area contributed by atoms with Crippen LogP contribution in [0.3, 0.4) is 0 Å². The van der Waals surface area contributed by atoms with Crippen LogP contribution in [0.4, 0.5) is 10.1 Å². The number of nitro groups is 1. The lowest BCUT2D eigenvalue weighted by Gasteiger charge is -1.96. The lowest BCUT2D eigenvalue weighted by molar-refractivity contribution is -0.380. The van der Waals surface area contributed by atoms with E-state index in [2.05, 4.69) is 16.4 Å². The summed E-state index contributed by atoms with van der Waals surface area (Å²) in [5.74, 6) is -0.383. The minimum atomic E-state index is -0.509. The molecule has 0 bridgehead atoms. The molecule has 0 spiro atoms. The number of thiazole rings is 1. The van der Waals surface area contributed by atoms with Gasteiger partial charge >= 0.3 is 5.00 Å². The number of carbonyl (C=O) groups is 1. The smallest absolute Gasteiger partial charge is 0.297 e. The van der Waals surface area contributed by atoms with E-state index in [-0.39, 0.29) is 10.9 Å². The van der Waals surface area contributed by atoms with Crippen LogP contribution in [0.5, 0.6) is 0 Å². The van der Waals surface area contributed by atoms with Crippen molar-refractivity contribution in [3.8, 4) is 0 Å². The summed E-state index contributed by atoms with van der Waals surface area (Å²) in [7, 11) is 0. The van der Waals surface area contributed by atoms with Crippen molar-refractivity contribution >= 4 is 48.9 Å². The van der Waals surface area contributed by atoms with Crippen molar-refractivity contribution < 1.29 is 9.72 Å². The van der Waals surface area contributed by atoms with E-state index in [4.69, 9.17) is 0 Å². The molecule has 112 valence electrons. The Morgan fingerprint density at radius 2 is 2.05 bits per heavy atom. The lowest BCUT2D eigenvalue weighted by atomic mass is 10.1. The number of benzene rings is 1. The molecular weight excluding hydrogens is 322 g/mol. The van der Waals surface area contributed by atoms with E-state index >= 15 is 0 Å². The van der Waals surface area contributed by atoms with Crippen molar-refractivity contribution in [2.24, 2.45) is 0 Å². The molecule has 0 aliphatic carbocycles. The fourth-order valence-electron chi connectivity index (χ4n) is 2.14. The third-order valence-corrected chi connectivity index (χ3v) is 5.19. The fourth-order valence-corrected chi connectivity index (χ4v) is 3.76. The number of carbonyl (C=O) groups excluding carboxylic acids is 1. The molecule has 1 aromatic carbocycles. The number of aryl methyl sites for hydroxylation is 2. The number of amides is 1. The van der Waals surface area contributed by atoms with Gasteiger partial charge in [-0.2, -0.15) is 0 Å². The summed E-state index contributed by atoms with van der Waals surface area (Å²) in [4.78, 5) is 27.0. The Balaban J connectivity index is 1.87. The van der Waals surface area contributed by atoms with Crippen LogP contribution in [0.1, 0.15) is 20.8 Å². The van der Waals surface area contributed by atoms with Gasteiger partial charge in [-0.3, -0.25) is 20.2 Å². The normalized spacial score (nSPS) is 10.8. The van der Waals surface area contributed by atoms with Crippen LogP contribution in [0, 0.1) is 24.0 Å². The van der Waals surface area contributed by atoms with Gasteiger partial charge in [-0.25, -0.2) is 4.98 Å². The minimum Gasteiger partial charge on any atom is -0.297 e. The summed E-state index contributed by atoms with van der Waals surface area (Å²) < 4.78 is 1.03. The van der Waals surface area contributed by atoms with Crippen LogP contribution < -0.4 is 5.32 Å². The van der Waals surface area contributed by atoms with Gasteiger partial charge in [0.25, 0.3) is 5.91 Å². The van der Waals surface area contributed by atoms with Gasteiger partial charge < -0.3 is 0 Å². The maximum Gasteiger partial charge on any atom is 0.324 e. The van der Waals surface area contributed by atoms with E-state index in [0.717, 1.165) is 32.7 Å². The summed E-state index contributed by atoms with van der Waals surface area (Å²) in [6, 6.07) is 6.80. The number of nitrogens with zero attached hydrogens (tertiary/aromatic N) is 2. The second kappa shape index (κ2) is 5.47. The lowest BCUT2D eigenvalue weighted by Crippen LogP contribution is -2.09. The van der Waals surface area contributed by atoms with E-state index in [1.54, 1.807) is 0 Å². The average molecular weight is 333 g/mol. The predicted octanol–water partition coefficient (Wildman–Crippen LogP) is 4.14. The number of anilines is 1. The van der Waals surface area contributed by atoms with E-state index < -0.39 is 4.92 Å². The van der Waals surface area contributed by atoms with Gasteiger partial charge in [0.1, 0.15) is 0 Å². The largest absolute Gasteiger partial charge is 0.324 e. The molecule has 0 aliphatic rings. The number of hydrogen-bond donors (Lipinski definition) is 1. The molecule has 0 unspecified atom stereocenters. The van der Waals surface area contributed by atoms with Crippen LogP contribution in [0.2, 0.25) is 0 Å². The highest BCUT2D eigenvalue weighted by Crippen LogP contribution is 2.31. The molecule has 0 atom stereocenters. The van der Waals surface area contributed by atoms with Crippen molar-refractivity contribution in [1.82, 2.24) is 4.98 Å². The maximum absolute atomic E-state index is 12.1. The van der Waals surface area contributed by atoms with Crippen molar-refractivity contribution in [2.45, 2.75) is 13.8 Å². The summed E-state index contributed by atoms with van der Waals surface area (Å²) in [6.45, 7) is 4.00. The van der Waals surface area contributed by atoms with Crippen molar-refractivity contribution in [3.63, 3.8) is 0 Å². The Kier molecular flexibility index (Phi) is 3.63. The standard InChI is InChI=1S/C14H11N3O3S2/c1-7-5-8(2)12-9(6-7)15-14(22-12)16-13(18)10-3-4-11(21-10)17(19)20/h3-6H,1-2H3,(H,15,16,18). The molecule has 0 radical (unpaired) electrons. The van der Waals surface area contributed by atoms with Gasteiger partial charge in [-0.1, -0.05) is 28.7 Å². The molecule has 0 fully saturated rings. The molecule has 0 aliphatic heterocycles. The zero-order valence-corrected chi connectivity index (χ0v) is 13.4. The van der Waals surface area contributed by atoms with Crippen molar-refractivity contribution in [2.75, 3.05) is 5.32 Å². The Bertz CT molecular complexity index is 898. The van der Waals surface area contributed by atoms with Gasteiger partial charge in [0.15, 0.2) is 5.13 Å². The first-order valence-corrected chi connectivity index (χ1v) is 8.00. The molecule has 8 heteroatoms. The first-order valence-electron chi connectivity index (χ1n) is 6.37. The van der Waals surface area contributed by atoms with Gasteiger partial charge in [0, 0.05) is 6.07 Å². The molecule has 22 heavy (non-hydrogen) atoms. The van der Waals surface area contributed by atoms with Crippen LogP contribution in [0.25, 0.3) is 10.2 Å². The third kappa shape index (κ3) is 2.70. The summed E-state index contributed by atoms with van der Waals surface area (Å²) >= 11 is 2.24. The molecule has 6 nitrogen and oxygen atoms in total. The third-order valence-electron chi connectivity index (χ3n) is 3.04. The summed E-state index contributed by atoms with van der Waals surface area (Å²) in [6.07, 6.45) is 0. The first-order chi connectivity index (χ1) is 10.4. The van der Waals surface area contributed by atoms with E-state index in [0.29, 0.717) is 10.0 Å². The van der Waals surface area contributed by atoms with E-state index in [1.807, 2.05) is 19.9 Å². The second-order valence-corrected chi connectivity index (χ2v) is 6.86. The molecule has 2 aromatic heterocycles. The highest BCUT2D eigenvalue weighted by Gasteiger charge is 2.17. The monoisotopic (exact) mass is 333 g/mol. The second-order valence-electron chi connectivity index (χ2n) is 4.80. The number of aromatic nitrogens is 1. The number of rotatable bonds is 3. The van der Waals surface area contributed by atoms with Gasteiger partial charge in [0.2, 0.25) is 0 Å². The fraction of sp³-hybridized carbons (Fsp3) is 0.143. The minimum absolute atomic E-state index is 0.0547. The Morgan fingerprint density at radius 1 is 1.27 bits per heavy atom. The van der Waals surface area contributed by atoms with Crippen LogP contribution in [-0.4, -0.2) is 15.8 Å². The van der Waals surface area contributed by atoms with E-state index in [1.165, 1.54) is 23.5 Å². The zero-order valence-electron chi connectivity index (χ0n) is 11.7. The Labute approximate surface area is 133 Å². The number of hydrogen-bond acceptors (Lipinski definition) is 6. The molecule has 2 heterocycles.